The molecule has 0 aromatic rings. The predicted molar refractivity (Wildman–Crippen MR) is 45.8 cm³/mol. The largest absolute Gasteiger partial charge is 0.332 e. The molecule has 0 aliphatic heterocycles. The third kappa shape index (κ3) is 5.82. The Morgan fingerprint density at radius 3 is 2.33 bits per heavy atom. The van der Waals surface area contributed by atoms with E-state index in [0.717, 1.165) is 5.70 Å². The summed E-state index contributed by atoms with van der Waals surface area (Å²) in [5, 5.41) is 0. The van der Waals surface area contributed by atoms with Crippen LogP contribution in [0, 0.1) is 0 Å². The fourth-order valence-electron chi connectivity index (χ4n) is 0.271. The molecule has 0 amide bonds. The van der Waals surface area contributed by atoms with Crippen molar-refractivity contribution in [1.29, 1.82) is 0 Å². The van der Waals surface area contributed by atoms with Crippen LogP contribution in [-0.4, -0.2) is 0 Å². The minimum atomic E-state index is -0.180. The van der Waals surface area contributed by atoms with Crippen LogP contribution in [0.3, 0.4) is 0 Å². The van der Waals surface area contributed by atoms with Crippen molar-refractivity contribution in [3.8, 4) is 0 Å². The Hall–Kier alpha value is -0.0600. The molecule has 9 heavy (non-hydrogen) atoms. The summed E-state index contributed by atoms with van der Waals surface area (Å²) in [5.74, 6) is -0.180. The van der Waals surface area contributed by atoms with Crippen LogP contribution in [0.1, 0.15) is 13.8 Å². The Morgan fingerprint density at radius 2 is 2.00 bits per heavy atom. The summed E-state index contributed by atoms with van der Waals surface area (Å²) in [5.41, 5.74) is 0.938. The highest BCUT2D eigenvalue weighted by Gasteiger charge is 1.80. The molecule has 0 aromatic heterocycles. The van der Waals surface area contributed by atoms with E-state index in [2.05, 4.69) is 3.53 Å². The van der Waals surface area contributed by atoms with E-state index in [-0.39, 0.29) is 5.83 Å². The molecular weight excluding hydrogens is 232 g/mol. The van der Waals surface area contributed by atoms with Crippen LogP contribution in [0.15, 0.2) is 23.7 Å². The van der Waals surface area contributed by atoms with E-state index < -0.39 is 0 Å². The van der Waals surface area contributed by atoms with Gasteiger partial charge in [-0.25, -0.2) is 4.39 Å². The van der Waals surface area contributed by atoms with Crippen LogP contribution in [0.5, 0.6) is 0 Å². The highest BCUT2D eigenvalue weighted by atomic mass is 127. The molecular formula is C6H9FIN. The quantitative estimate of drug-likeness (QED) is 0.445. The van der Waals surface area contributed by atoms with Gasteiger partial charge in [0.1, 0.15) is 0 Å². The molecule has 0 radical (unpaired) electrons. The molecule has 0 aromatic carbocycles. The maximum Gasteiger partial charge on any atom is 0.0969 e. The van der Waals surface area contributed by atoms with Gasteiger partial charge in [0.25, 0.3) is 0 Å². The molecule has 0 spiro atoms. The van der Waals surface area contributed by atoms with E-state index >= 15 is 0 Å². The zero-order chi connectivity index (χ0) is 7.28. The van der Waals surface area contributed by atoms with Crippen molar-refractivity contribution in [2.75, 3.05) is 0 Å². The Labute approximate surface area is 68.5 Å². The molecule has 0 rings (SSSR count). The van der Waals surface area contributed by atoms with Gasteiger partial charge < -0.3 is 3.53 Å². The van der Waals surface area contributed by atoms with Crippen molar-refractivity contribution >= 4 is 22.9 Å². The first-order valence-electron chi connectivity index (χ1n) is 2.54. The van der Waals surface area contributed by atoms with Crippen molar-refractivity contribution < 1.29 is 4.39 Å². The molecule has 0 fully saturated rings. The fraction of sp³-hybridized carbons (Fsp3) is 0.333. The van der Waals surface area contributed by atoms with E-state index in [9.17, 15) is 4.39 Å². The lowest BCUT2D eigenvalue weighted by atomic mass is 10.4. The maximum absolute atomic E-state index is 12.0. The van der Waals surface area contributed by atoms with E-state index in [4.69, 9.17) is 0 Å². The third-order valence-corrected chi connectivity index (χ3v) is 1.56. The first kappa shape index (κ1) is 8.94. The van der Waals surface area contributed by atoms with Crippen molar-refractivity contribution in [1.82, 2.24) is 3.53 Å². The van der Waals surface area contributed by atoms with Crippen LogP contribution < -0.4 is 3.53 Å². The zero-order valence-electron chi connectivity index (χ0n) is 5.41. The zero-order valence-corrected chi connectivity index (χ0v) is 7.57. The van der Waals surface area contributed by atoms with Gasteiger partial charge in [-0.1, -0.05) is 0 Å². The molecule has 1 nitrogen and oxygen atoms in total. The van der Waals surface area contributed by atoms with Gasteiger partial charge >= 0.3 is 0 Å². The molecule has 3 heteroatoms. The smallest absolute Gasteiger partial charge is 0.0969 e. The van der Waals surface area contributed by atoms with Gasteiger partial charge in [-0.15, -0.1) is 0 Å². The number of rotatable bonds is 2. The van der Waals surface area contributed by atoms with E-state index in [1.54, 1.807) is 6.08 Å². The molecule has 0 aliphatic rings. The summed E-state index contributed by atoms with van der Waals surface area (Å²) in [4.78, 5) is 0. The maximum atomic E-state index is 12.0. The summed E-state index contributed by atoms with van der Waals surface area (Å²) >= 11 is 1.99. The van der Waals surface area contributed by atoms with Gasteiger partial charge in [0.05, 0.1) is 28.7 Å². The Morgan fingerprint density at radius 1 is 1.44 bits per heavy atom. The first-order valence-corrected chi connectivity index (χ1v) is 3.62. The minimum absolute atomic E-state index is 0.180. The fourth-order valence-corrected chi connectivity index (χ4v) is 0.451. The molecule has 52 valence electrons. The highest BCUT2D eigenvalue weighted by molar-refractivity contribution is 14.1. The predicted octanol–water partition coefficient (Wildman–Crippen LogP) is 2.70. The van der Waals surface area contributed by atoms with Gasteiger partial charge in [-0.2, -0.15) is 0 Å². The lowest BCUT2D eigenvalue weighted by Crippen LogP contribution is -1.89. The highest BCUT2D eigenvalue weighted by Crippen LogP contribution is 1.96. The summed E-state index contributed by atoms with van der Waals surface area (Å²) in [7, 11) is 0. The van der Waals surface area contributed by atoms with E-state index in [0.29, 0.717) is 0 Å². The van der Waals surface area contributed by atoms with Gasteiger partial charge in [-0.3, -0.25) is 0 Å². The van der Waals surface area contributed by atoms with Gasteiger partial charge in [0, 0.05) is 5.70 Å². The normalized spacial score (nSPS) is 13.8. The Kier molecular flexibility index (Phi) is 4.75. The molecule has 0 atom stereocenters. The third-order valence-electron chi connectivity index (χ3n) is 0.712. The van der Waals surface area contributed by atoms with E-state index in [1.807, 2.05) is 29.8 Å². The first-order chi connectivity index (χ1) is 4.16. The molecule has 0 aliphatic carbocycles. The topological polar surface area (TPSA) is 12.0 Å². The number of hydrogen-bond acceptors (Lipinski definition) is 1. The standard InChI is InChI=1S/C6H9FIN/c1-5(7)3-4-6(2)9-8/h3-4,9H,1-2H3/b5-3+,6-4+. The molecule has 0 unspecified atom stereocenters. The summed E-state index contributed by atoms with van der Waals surface area (Å²) in [6.45, 7) is 3.28. The number of allylic oxidation sites excluding steroid dienone is 4. The van der Waals surface area contributed by atoms with E-state index in [1.165, 1.54) is 13.0 Å². The average Bonchev–Trinajstić information content (AvgIpc) is 1.83. The SMILES string of the molecule is C/C(F)=C\C=C(/C)NI. The summed E-state index contributed by atoms with van der Waals surface area (Å²) in [6, 6.07) is 0. The van der Waals surface area contributed by atoms with Gasteiger partial charge in [0.15, 0.2) is 0 Å². The lowest BCUT2D eigenvalue weighted by molar-refractivity contribution is 0.640. The molecule has 0 bridgehead atoms. The molecule has 0 saturated heterocycles. The molecule has 0 heterocycles. The average molecular weight is 241 g/mol. The summed E-state index contributed by atoms with van der Waals surface area (Å²) in [6.07, 6.45) is 3.10. The second-order valence-corrected chi connectivity index (χ2v) is 2.24. The second-order valence-electron chi connectivity index (χ2n) is 1.70. The van der Waals surface area contributed by atoms with Crippen molar-refractivity contribution in [3.05, 3.63) is 23.7 Å². The van der Waals surface area contributed by atoms with Crippen molar-refractivity contribution in [2.45, 2.75) is 13.8 Å². The molecule has 0 saturated carbocycles. The lowest BCUT2D eigenvalue weighted by Gasteiger charge is -1.91. The van der Waals surface area contributed by atoms with Crippen LogP contribution >= 0.6 is 22.9 Å². The van der Waals surface area contributed by atoms with Crippen molar-refractivity contribution in [3.63, 3.8) is 0 Å². The van der Waals surface area contributed by atoms with Crippen LogP contribution in [0.25, 0.3) is 0 Å². The van der Waals surface area contributed by atoms with Gasteiger partial charge in [-0.05, 0) is 26.0 Å². The molecule has 1 N–H and O–H groups in total. The summed E-state index contributed by atoms with van der Waals surface area (Å²) < 4.78 is 14.8. The van der Waals surface area contributed by atoms with Gasteiger partial charge in [0.2, 0.25) is 0 Å². The Balaban J connectivity index is 3.83. The minimum Gasteiger partial charge on any atom is -0.332 e. The Bertz CT molecular complexity index is 136. The van der Waals surface area contributed by atoms with Crippen LogP contribution in [0.4, 0.5) is 4.39 Å². The van der Waals surface area contributed by atoms with Crippen LogP contribution in [0.2, 0.25) is 0 Å². The number of nitrogens with one attached hydrogen (secondary N) is 1. The van der Waals surface area contributed by atoms with Crippen molar-refractivity contribution in [2.24, 2.45) is 0 Å². The van der Waals surface area contributed by atoms with Crippen LogP contribution in [-0.2, 0) is 0 Å². The number of halogens is 2. The number of hydrogen-bond donors (Lipinski definition) is 1. The monoisotopic (exact) mass is 241 g/mol. The second kappa shape index (κ2) is 4.78.